The van der Waals surface area contributed by atoms with Crippen molar-refractivity contribution < 1.29 is 17.9 Å². The Morgan fingerprint density at radius 2 is 1.73 bits per heavy atom. The fourth-order valence-corrected chi connectivity index (χ4v) is 5.32. The van der Waals surface area contributed by atoms with Gasteiger partial charge in [-0.3, -0.25) is 4.90 Å². The van der Waals surface area contributed by atoms with Gasteiger partial charge in [0.1, 0.15) is 5.75 Å². The van der Waals surface area contributed by atoms with Gasteiger partial charge in [0.15, 0.2) is 0 Å². The molecule has 1 unspecified atom stereocenters. The molecule has 1 saturated heterocycles. The van der Waals surface area contributed by atoms with Crippen LogP contribution in [0.1, 0.15) is 22.7 Å². The van der Waals surface area contributed by atoms with Gasteiger partial charge in [-0.05, 0) is 35.2 Å². The lowest BCUT2D eigenvalue weighted by Gasteiger charge is -2.35. The third-order valence-electron chi connectivity index (χ3n) is 5.88. The SMILES string of the molecule is COc1ccc(C(CNS(=O)(=O)N2CCc3ccccc3C2)N2CCOCC2)cc1. The van der Waals surface area contributed by atoms with Crippen molar-refractivity contribution in [2.75, 3.05) is 46.5 Å². The number of morpholine rings is 1. The van der Waals surface area contributed by atoms with Crippen LogP contribution in [0.5, 0.6) is 5.75 Å². The molecule has 0 aromatic heterocycles. The van der Waals surface area contributed by atoms with Crippen molar-refractivity contribution >= 4 is 10.2 Å². The number of nitrogens with one attached hydrogen (secondary N) is 1. The maximum atomic E-state index is 13.1. The third kappa shape index (κ3) is 4.84. The van der Waals surface area contributed by atoms with E-state index in [1.165, 1.54) is 5.56 Å². The Bertz CT molecular complexity index is 943. The summed E-state index contributed by atoms with van der Waals surface area (Å²) in [4.78, 5) is 2.28. The minimum Gasteiger partial charge on any atom is -0.497 e. The molecule has 1 fully saturated rings. The Kier molecular flexibility index (Phi) is 6.70. The van der Waals surface area contributed by atoms with E-state index in [0.717, 1.165) is 36.4 Å². The van der Waals surface area contributed by atoms with E-state index in [4.69, 9.17) is 9.47 Å². The number of benzene rings is 2. The third-order valence-corrected chi connectivity index (χ3v) is 7.40. The van der Waals surface area contributed by atoms with Crippen LogP contribution in [0.15, 0.2) is 48.5 Å². The number of hydrogen-bond donors (Lipinski definition) is 1. The second-order valence-electron chi connectivity index (χ2n) is 7.64. The summed E-state index contributed by atoms with van der Waals surface area (Å²) in [5.74, 6) is 0.784. The first-order valence-electron chi connectivity index (χ1n) is 10.3. The van der Waals surface area contributed by atoms with Crippen molar-refractivity contribution in [1.82, 2.24) is 13.9 Å². The summed E-state index contributed by atoms with van der Waals surface area (Å²) in [6, 6.07) is 15.8. The molecule has 0 spiro atoms. The van der Waals surface area contributed by atoms with Gasteiger partial charge in [0.2, 0.25) is 0 Å². The lowest BCUT2D eigenvalue weighted by molar-refractivity contribution is 0.0171. The molecule has 0 bridgehead atoms. The number of fused-ring (bicyclic) bond motifs is 1. The fraction of sp³-hybridized carbons (Fsp3) is 0.455. The molecule has 8 heteroatoms. The van der Waals surface area contributed by atoms with Gasteiger partial charge in [0, 0.05) is 38.8 Å². The molecule has 7 nitrogen and oxygen atoms in total. The molecule has 162 valence electrons. The number of nitrogens with zero attached hydrogens (tertiary/aromatic N) is 2. The number of ether oxygens (including phenoxy) is 2. The first-order chi connectivity index (χ1) is 14.6. The van der Waals surface area contributed by atoms with Gasteiger partial charge in [-0.25, -0.2) is 4.72 Å². The van der Waals surface area contributed by atoms with Crippen molar-refractivity contribution in [2.45, 2.75) is 19.0 Å². The van der Waals surface area contributed by atoms with Crippen LogP contribution in [0, 0.1) is 0 Å². The normalized spacial score (nSPS) is 19.2. The van der Waals surface area contributed by atoms with E-state index in [-0.39, 0.29) is 6.04 Å². The molecule has 1 atom stereocenters. The van der Waals surface area contributed by atoms with E-state index >= 15 is 0 Å². The molecule has 30 heavy (non-hydrogen) atoms. The zero-order valence-electron chi connectivity index (χ0n) is 17.3. The topological polar surface area (TPSA) is 71.1 Å². The molecule has 0 saturated carbocycles. The molecular weight excluding hydrogens is 402 g/mol. The molecule has 0 amide bonds. The summed E-state index contributed by atoms with van der Waals surface area (Å²) in [7, 11) is -1.94. The predicted molar refractivity (Wildman–Crippen MR) is 116 cm³/mol. The van der Waals surface area contributed by atoms with Gasteiger partial charge < -0.3 is 9.47 Å². The molecule has 2 heterocycles. The number of rotatable bonds is 7. The average molecular weight is 432 g/mol. The van der Waals surface area contributed by atoms with Crippen LogP contribution in [-0.4, -0.2) is 64.1 Å². The fourth-order valence-electron chi connectivity index (χ4n) is 4.12. The van der Waals surface area contributed by atoms with E-state index in [1.54, 1.807) is 11.4 Å². The zero-order valence-corrected chi connectivity index (χ0v) is 18.1. The summed E-state index contributed by atoms with van der Waals surface area (Å²) in [5, 5.41) is 0. The molecular formula is C22H29N3O4S. The molecule has 2 aromatic carbocycles. The van der Waals surface area contributed by atoms with Crippen molar-refractivity contribution in [3.8, 4) is 5.75 Å². The Labute approximate surface area is 178 Å². The average Bonchev–Trinajstić information content (AvgIpc) is 2.80. The van der Waals surface area contributed by atoms with E-state index in [9.17, 15) is 8.42 Å². The minimum atomic E-state index is -3.58. The smallest absolute Gasteiger partial charge is 0.279 e. The van der Waals surface area contributed by atoms with Crippen molar-refractivity contribution in [3.05, 3.63) is 65.2 Å². The van der Waals surface area contributed by atoms with Crippen molar-refractivity contribution in [1.29, 1.82) is 0 Å². The Morgan fingerprint density at radius 1 is 1.03 bits per heavy atom. The molecule has 4 rings (SSSR count). The highest BCUT2D eigenvalue weighted by atomic mass is 32.2. The van der Waals surface area contributed by atoms with E-state index in [1.807, 2.05) is 42.5 Å². The number of methoxy groups -OCH3 is 1. The second-order valence-corrected chi connectivity index (χ2v) is 9.40. The van der Waals surface area contributed by atoms with Crippen LogP contribution < -0.4 is 9.46 Å². The Balaban J connectivity index is 1.48. The standard InChI is InChI=1S/C22H29N3O4S/c1-28-21-8-6-19(7-9-21)22(24-12-14-29-15-13-24)16-23-30(26,27)25-11-10-18-4-2-3-5-20(18)17-25/h2-9,22-23H,10-17H2,1H3. The van der Waals surface area contributed by atoms with Crippen LogP contribution in [0.4, 0.5) is 0 Å². The van der Waals surface area contributed by atoms with Crippen LogP contribution in [-0.2, 0) is 27.9 Å². The van der Waals surface area contributed by atoms with Gasteiger partial charge in [-0.1, -0.05) is 36.4 Å². The monoisotopic (exact) mass is 431 g/mol. The lowest BCUT2D eigenvalue weighted by Crippen LogP contribution is -2.48. The summed E-state index contributed by atoms with van der Waals surface area (Å²) in [6.07, 6.45) is 0.739. The van der Waals surface area contributed by atoms with Gasteiger partial charge in [0.25, 0.3) is 10.2 Å². The molecule has 1 N–H and O–H groups in total. The van der Waals surface area contributed by atoms with Gasteiger partial charge >= 0.3 is 0 Å². The highest BCUT2D eigenvalue weighted by Crippen LogP contribution is 2.25. The quantitative estimate of drug-likeness (QED) is 0.726. The summed E-state index contributed by atoms with van der Waals surface area (Å²) < 4.78 is 41.3. The molecule has 2 aliphatic rings. The van der Waals surface area contributed by atoms with Crippen LogP contribution >= 0.6 is 0 Å². The lowest BCUT2D eigenvalue weighted by atomic mass is 10.0. The van der Waals surface area contributed by atoms with Crippen molar-refractivity contribution in [2.24, 2.45) is 0 Å². The van der Waals surface area contributed by atoms with Gasteiger partial charge in [0.05, 0.1) is 20.3 Å². The molecule has 2 aromatic rings. The zero-order chi connectivity index (χ0) is 21.0. The minimum absolute atomic E-state index is 0.0633. The van der Waals surface area contributed by atoms with Gasteiger partial charge in [-0.2, -0.15) is 12.7 Å². The Morgan fingerprint density at radius 3 is 2.43 bits per heavy atom. The summed E-state index contributed by atoms with van der Waals surface area (Å²) in [6.45, 7) is 4.08. The maximum absolute atomic E-state index is 13.1. The van der Waals surface area contributed by atoms with E-state index in [2.05, 4.69) is 15.7 Å². The maximum Gasteiger partial charge on any atom is 0.279 e. The van der Waals surface area contributed by atoms with Crippen molar-refractivity contribution in [3.63, 3.8) is 0 Å². The van der Waals surface area contributed by atoms with Crippen LogP contribution in [0.2, 0.25) is 0 Å². The first-order valence-corrected chi connectivity index (χ1v) is 11.8. The summed E-state index contributed by atoms with van der Waals surface area (Å²) >= 11 is 0. The predicted octanol–water partition coefficient (Wildman–Crippen LogP) is 1.96. The van der Waals surface area contributed by atoms with E-state index < -0.39 is 10.2 Å². The van der Waals surface area contributed by atoms with Gasteiger partial charge in [-0.15, -0.1) is 0 Å². The molecule has 2 aliphatic heterocycles. The van der Waals surface area contributed by atoms with Crippen LogP contribution in [0.25, 0.3) is 0 Å². The number of hydrogen-bond acceptors (Lipinski definition) is 5. The largest absolute Gasteiger partial charge is 0.497 e. The molecule has 0 aliphatic carbocycles. The summed E-state index contributed by atoms with van der Waals surface area (Å²) in [5.41, 5.74) is 3.37. The van der Waals surface area contributed by atoms with Crippen LogP contribution in [0.3, 0.4) is 0 Å². The highest BCUT2D eigenvalue weighted by molar-refractivity contribution is 7.87. The highest BCUT2D eigenvalue weighted by Gasteiger charge is 2.29. The van der Waals surface area contributed by atoms with E-state index in [0.29, 0.717) is 32.8 Å². The molecule has 0 radical (unpaired) electrons. The Hall–Kier alpha value is -1.97. The second kappa shape index (κ2) is 9.45. The first kappa shape index (κ1) is 21.3.